The number of hydrogen-bond donors (Lipinski definition) is 2. The second kappa shape index (κ2) is 8.08. The third-order valence-corrected chi connectivity index (χ3v) is 4.05. The van der Waals surface area contributed by atoms with Crippen molar-refractivity contribution >= 4 is 23.6 Å². The smallest absolute Gasteiger partial charge is 0.255 e. The predicted molar refractivity (Wildman–Crippen MR) is 89.9 cm³/mol. The van der Waals surface area contributed by atoms with E-state index in [9.17, 15) is 9.59 Å². The molecule has 0 radical (unpaired) electrons. The zero-order chi connectivity index (χ0) is 16.8. The van der Waals surface area contributed by atoms with Gasteiger partial charge in [-0.15, -0.1) is 11.8 Å². The van der Waals surface area contributed by atoms with Gasteiger partial charge in [0.05, 0.1) is 11.8 Å². The first-order valence-electron chi connectivity index (χ1n) is 7.12. The number of benzene rings is 1. The highest BCUT2D eigenvalue weighted by Gasteiger charge is 2.15. The van der Waals surface area contributed by atoms with Crippen LogP contribution in [0.5, 0.6) is 5.75 Å². The number of nitrogens with one attached hydrogen (secondary N) is 1. The SMILES string of the molecule is C[C@@H](NC(=O)CSC(C)(C)C)c1ccc(OCC(N)=O)cc1. The lowest BCUT2D eigenvalue weighted by Crippen LogP contribution is -2.29. The normalized spacial score (nSPS) is 12.5. The van der Waals surface area contributed by atoms with Crippen molar-refractivity contribution in [1.82, 2.24) is 5.32 Å². The Balaban J connectivity index is 2.49. The van der Waals surface area contributed by atoms with Crippen LogP contribution in [0.2, 0.25) is 0 Å². The minimum atomic E-state index is -0.513. The van der Waals surface area contributed by atoms with Crippen LogP contribution in [0.15, 0.2) is 24.3 Å². The fourth-order valence-electron chi connectivity index (χ4n) is 1.66. The quantitative estimate of drug-likeness (QED) is 0.806. The second-order valence-corrected chi connectivity index (χ2v) is 7.82. The molecule has 0 fully saturated rings. The van der Waals surface area contributed by atoms with Crippen LogP contribution in [-0.4, -0.2) is 28.9 Å². The van der Waals surface area contributed by atoms with Gasteiger partial charge in [-0.2, -0.15) is 0 Å². The van der Waals surface area contributed by atoms with Gasteiger partial charge >= 0.3 is 0 Å². The fraction of sp³-hybridized carbons (Fsp3) is 0.500. The number of hydrogen-bond acceptors (Lipinski definition) is 4. The molecule has 5 nitrogen and oxygen atoms in total. The van der Waals surface area contributed by atoms with Gasteiger partial charge in [-0.05, 0) is 24.6 Å². The molecule has 6 heteroatoms. The van der Waals surface area contributed by atoms with E-state index >= 15 is 0 Å². The van der Waals surface area contributed by atoms with Crippen LogP contribution in [0.1, 0.15) is 39.3 Å². The molecule has 0 aromatic heterocycles. The van der Waals surface area contributed by atoms with Gasteiger partial charge in [-0.3, -0.25) is 9.59 Å². The van der Waals surface area contributed by atoms with Crippen molar-refractivity contribution in [2.24, 2.45) is 5.73 Å². The van der Waals surface area contributed by atoms with E-state index in [1.54, 1.807) is 23.9 Å². The van der Waals surface area contributed by atoms with Gasteiger partial charge in [0.25, 0.3) is 5.91 Å². The molecule has 0 saturated carbocycles. The van der Waals surface area contributed by atoms with Gasteiger partial charge in [0.2, 0.25) is 5.91 Å². The molecular weight excluding hydrogens is 300 g/mol. The first kappa shape index (κ1) is 18.4. The third kappa shape index (κ3) is 7.36. The lowest BCUT2D eigenvalue weighted by atomic mass is 10.1. The molecule has 0 heterocycles. The molecule has 0 aliphatic carbocycles. The van der Waals surface area contributed by atoms with Crippen molar-refractivity contribution in [1.29, 1.82) is 0 Å². The number of ether oxygens (including phenoxy) is 1. The number of carbonyl (C=O) groups is 2. The Morgan fingerprint density at radius 2 is 1.86 bits per heavy atom. The molecule has 0 spiro atoms. The summed E-state index contributed by atoms with van der Waals surface area (Å²) in [5.74, 6) is 0.514. The minimum Gasteiger partial charge on any atom is -0.484 e. The summed E-state index contributed by atoms with van der Waals surface area (Å²) in [6.45, 7) is 8.03. The average molecular weight is 324 g/mol. The standard InChI is InChI=1S/C16H24N2O3S/c1-11(18-15(20)10-22-16(2,3)4)12-5-7-13(8-6-12)21-9-14(17)19/h5-8,11H,9-10H2,1-4H3,(H2,17,19)(H,18,20)/t11-/m1/s1. The molecule has 122 valence electrons. The van der Waals surface area contributed by atoms with Crippen molar-refractivity contribution in [2.75, 3.05) is 12.4 Å². The number of nitrogens with two attached hydrogens (primary N) is 1. The van der Waals surface area contributed by atoms with Crippen molar-refractivity contribution in [3.63, 3.8) is 0 Å². The highest BCUT2D eigenvalue weighted by atomic mass is 32.2. The predicted octanol–water partition coefficient (Wildman–Crippen LogP) is 2.26. The molecule has 1 aromatic carbocycles. The Morgan fingerprint density at radius 3 is 2.36 bits per heavy atom. The molecule has 22 heavy (non-hydrogen) atoms. The van der Waals surface area contributed by atoms with Crippen LogP contribution in [0.25, 0.3) is 0 Å². The van der Waals surface area contributed by atoms with Gasteiger partial charge in [-0.25, -0.2) is 0 Å². The molecule has 1 aromatic rings. The molecule has 3 N–H and O–H groups in total. The van der Waals surface area contributed by atoms with Gasteiger partial charge in [0.1, 0.15) is 5.75 Å². The maximum Gasteiger partial charge on any atom is 0.255 e. The molecule has 0 unspecified atom stereocenters. The van der Waals surface area contributed by atoms with Gasteiger partial charge < -0.3 is 15.8 Å². The summed E-state index contributed by atoms with van der Waals surface area (Å²) in [6.07, 6.45) is 0. The molecule has 0 aliphatic rings. The monoisotopic (exact) mass is 324 g/mol. The number of rotatable bonds is 7. The average Bonchev–Trinajstić information content (AvgIpc) is 2.42. The Bertz CT molecular complexity index is 509. The van der Waals surface area contributed by atoms with Crippen LogP contribution in [0.3, 0.4) is 0 Å². The van der Waals surface area contributed by atoms with Crippen molar-refractivity contribution in [2.45, 2.75) is 38.5 Å². The minimum absolute atomic E-state index is 0.0153. The maximum absolute atomic E-state index is 11.9. The summed E-state index contributed by atoms with van der Waals surface area (Å²) in [4.78, 5) is 22.6. The van der Waals surface area contributed by atoms with Crippen molar-refractivity contribution in [3.8, 4) is 5.75 Å². The Labute approximate surface area is 136 Å². The maximum atomic E-state index is 11.9. The molecule has 1 atom stereocenters. The van der Waals surface area contributed by atoms with Crippen LogP contribution in [-0.2, 0) is 9.59 Å². The van der Waals surface area contributed by atoms with Gasteiger partial charge in [0.15, 0.2) is 6.61 Å². The lowest BCUT2D eigenvalue weighted by Gasteiger charge is -2.19. The fourth-order valence-corrected chi connectivity index (χ4v) is 2.30. The largest absolute Gasteiger partial charge is 0.484 e. The summed E-state index contributed by atoms with van der Waals surface area (Å²) < 4.78 is 5.26. The van der Waals surface area contributed by atoms with Crippen LogP contribution < -0.4 is 15.8 Å². The number of thioether (sulfide) groups is 1. The van der Waals surface area contributed by atoms with Crippen LogP contribution in [0, 0.1) is 0 Å². The molecule has 1 rings (SSSR count). The summed E-state index contributed by atoms with van der Waals surface area (Å²) >= 11 is 1.61. The third-order valence-electron chi connectivity index (χ3n) is 2.77. The second-order valence-electron chi connectivity index (χ2n) is 6.01. The van der Waals surface area contributed by atoms with Crippen molar-refractivity contribution < 1.29 is 14.3 Å². The molecule has 2 amide bonds. The number of carbonyl (C=O) groups excluding carboxylic acids is 2. The Kier molecular flexibility index (Phi) is 6.74. The van der Waals surface area contributed by atoms with E-state index in [1.807, 2.05) is 19.1 Å². The summed E-state index contributed by atoms with van der Waals surface area (Å²) in [5.41, 5.74) is 5.99. The zero-order valence-electron chi connectivity index (χ0n) is 13.5. The number of amides is 2. The molecule has 0 bridgehead atoms. The first-order chi connectivity index (χ1) is 10.2. The summed E-state index contributed by atoms with van der Waals surface area (Å²) in [6, 6.07) is 7.14. The van der Waals surface area contributed by atoms with Gasteiger partial charge in [0, 0.05) is 4.75 Å². The van der Waals surface area contributed by atoms with Crippen LogP contribution in [0.4, 0.5) is 0 Å². The van der Waals surface area contributed by atoms with E-state index in [2.05, 4.69) is 26.1 Å². The van der Waals surface area contributed by atoms with Crippen molar-refractivity contribution in [3.05, 3.63) is 29.8 Å². The zero-order valence-corrected chi connectivity index (χ0v) is 14.3. The Hall–Kier alpha value is -1.69. The molecule has 0 saturated heterocycles. The highest BCUT2D eigenvalue weighted by molar-refractivity contribution is 8.01. The highest BCUT2D eigenvalue weighted by Crippen LogP contribution is 2.23. The summed E-state index contributed by atoms with van der Waals surface area (Å²) in [5, 5.41) is 2.96. The Morgan fingerprint density at radius 1 is 1.27 bits per heavy atom. The lowest BCUT2D eigenvalue weighted by molar-refractivity contribution is -0.120. The summed E-state index contributed by atoms with van der Waals surface area (Å²) in [7, 11) is 0. The van der Waals surface area contributed by atoms with E-state index in [0.29, 0.717) is 11.5 Å². The molecule has 0 aliphatic heterocycles. The number of primary amides is 1. The van der Waals surface area contributed by atoms with E-state index in [0.717, 1.165) is 5.56 Å². The van der Waals surface area contributed by atoms with Gasteiger partial charge in [-0.1, -0.05) is 32.9 Å². The first-order valence-corrected chi connectivity index (χ1v) is 8.10. The van der Waals surface area contributed by atoms with Crippen LogP contribution >= 0.6 is 11.8 Å². The van der Waals surface area contributed by atoms with E-state index in [-0.39, 0.29) is 23.3 Å². The van der Waals surface area contributed by atoms with E-state index in [4.69, 9.17) is 10.5 Å². The van der Waals surface area contributed by atoms with E-state index < -0.39 is 5.91 Å². The topological polar surface area (TPSA) is 81.4 Å². The molecular formula is C16H24N2O3S. The van der Waals surface area contributed by atoms with E-state index in [1.165, 1.54) is 0 Å².